The van der Waals surface area contributed by atoms with E-state index in [9.17, 15) is 14.4 Å². The van der Waals surface area contributed by atoms with Crippen molar-refractivity contribution in [2.45, 2.75) is 32.2 Å². The lowest BCUT2D eigenvalue weighted by Crippen LogP contribution is -2.67. The minimum Gasteiger partial charge on any atom is -0.277 e. The molecule has 1 atom stereocenters. The quantitative estimate of drug-likeness (QED) is 0.555. The molecule has 1 saturated heterocycles. The van der Waals surface area contributed by atoms with Crippen molar-refractivity contribution in [3.05, 3.63) is 12.7 Å². The summed E-state index contributed by atoms with van der Waals surface area (Å²) in [4.78, 5) is 36.5. The zero-order valence-corrected chi connectivity index (χ0v) is 9.16. The summed E-state index contributed by atoms with van der Waals surface area (Å²) < 4.78 is 0. The molecule has 4 amide bonds. The number of amides is 4. The average molecular weight is 222 g/mol. The Morgan fingerprint density at radius 2 is 2.06 bits per heavy atom. The van der Waals surface area contributed by atoms with E-state index in [-0.39, 0.29) is 5.91 Å². The molecule has 0 aromatic carbocycles. The van der Waals surface area contributed by atoms with Crippen molar-refractivity contribution in [2.75, 3.05) is 0 Å². The van der Waals surface area contributed by atoms with E-state index in [4.69, 9.17) is 0 Å². The molecule has 0 bridgehead atoms. The fourth-order valence-electron chi connectivity index (χ4n) is 2.14. The molecule has 1 spiro atoms. The monoisotopic (exact) mass is 222 g/mol. The molecule has 1 heterocycles. The number of hydrogen-bond donors (Lipinski definition) is 1. The predicted octanol–water partition coefficient (Wildman–Crippen LogP) is 0.810. The Bertz CT molecular complexity index is 385. The van der Waals surface area contributed by atoms with Crippen LogP contribution in [0, 0.1) is 5.41 Å². The number of carbonyl (C=O) groups is 3. The maximum Gasteiger partial charge on any atom is 0.331 e. The van der Waals surface area contributed by atoms with Crippen LogP contribution >= 0.6 is 0 Å². The van der Waals surface area contributed by atoms with E-state index in [0.29, 0.717) is 12.8 Å². The Hall–Kier alpha value is -1.65. The lowest BCUT2D eigenvalue weighted by Gasteiger charge is -2.45. The van der Waals surface area contributed by atoms with E-state index in [1.54, 1.807) is 6.92 Å². The second-order valence-electron chi connectivity index (χ2n) is 4.35. The number of urea groups is 1. The van der Waals surface area contributed by atoms with Gasteiger partial charge in [-0.2, -0.15) is 0 Å². The first-order valence-electron chi connectivity index (χ1n) is 5.34. The molecule has 0 radical (unpaired) electrons. The van der Waals surface area contributed by atoms with E-state index >= 15 is 0 Å². The normalized spacial score (nSPS) is 25.1. The molecule has 1 N–H and O–H groups in total. The summed E-state index contributed by atoms with van der Waals surface area (Å²) in [7, 11) is 0. The standard InChI is InChI=1S/C11H14N2O3/c1-3-7(2)13-9(15)11(5-4-6-11)8(14)12-10(13)16/h3,7H,1,4-6H2,2H3,(H,12,14,16). The summed E-state index contributed by atoms with van der Waals surface area (Å²) in [5.74, 6) is -0.818. The largest absolute Gasteiger partial charge is 0.331 e. The average Bonchev–Trinajstić information content (AvgIpc) is 2.14. The van der Waals surface area contributed by atoms with Gasteiger partial charge in [0.25, 0.3) is 0 Å². The Kier molecular flexibility index (Phi) is 2.33. The number of nitrogens with one attached hydrogen (secondary N) is 1. The maximum absolute atomic E-state index is 12.1. The first kappa shape index (κ1) is 10.9. The lowest BCUT2D eigenvalue weighted by atomic mass is 9.66. The number of rotatable bonds is 2. The fraction of sp³-hybridized carbons (Fsp3) is 0.545. The highest BCUT2D eigenvalue weighted by molar-refractivity contribution is 6.19. The van der Waals surface area contributed by atoms with Gasteiger partial charge in [-0.15, -0.1) is 6.58 Å². The number of imide groups is 2. The summed E-state index contributed by atoms with van der Waals surface area (Å²) in [5.41, 5.74) is -0.981. The van der Waals surface area contributed by atoms with Crippen LogP contribution in [0.1, 0.15) is 26.2 Å². The van der Waals surface area contributed by atoms with Crippen LogP contribution in [0.3, 0.4) is 0 Å². The van der Waals surface area contributed by atoms with Gasteiger partial charge >= 0.3 is 6.03 Å². The molecule has 1 saturated carbocycles. The third kappa shape index (κ3) is 1.20. The van der Waals surface area contributed by atoms with Crippen molar-refractivity contribution < 1.29 is 14.4 Å². The third-order valence-corrected chi connectivity index (χ3v) is 3.46. The van der Waals surface area contributed by atoms with Crippen molar-refractivity contribution in [2.24, 2.45) is 5.41 Å². The molecule has 0 aromatic heterocycles. The van der Waals surface area contributed by atoms with E-state index in [1.165, 1.54) is 6.08 Å². The second-order valence-corrected chi connectivity index (χ2v) is 4.35. The summed E-state index contributed by atoms with van der Waals surface area (Å²) in [6.07, 6.45) is 3.43. The van der Waals surface area contributed by atoms with Crippen molar-refractivity contribution in [1.29, 1.82) is 0 Å². The Labute approximate surface area is 93.5 Å². The highest BCUT2D eigenvalue weighted by Crippen LogP contribution is 2.44. The van der Waals surface area contributed by atoms with Crippen molar-refractivity contribution >= 4 is 17.8 Å². The highest BCUT2D eigenvalue weighted by atomic mass is 16.2. The topological polar surface area (TPSA) is 66.5 Å². The number of carbonyl (C=O) groups excluding carboxylic acids is 3. The smallest absolute Gasteiger partial charge is 0.277 e. The lowest BCUT2D eigenvalue weighted by molar-refractivity contribution is -0.158. The summed E-state index contributed by atoms with van der Waals surface area (Å²) in [5, 5.41) is 2.25. The van der Waals surface area contributed by atoms with Crippen LogP contribution in [-0.2, 0) is 9.59 Å². The van der Waals surface area contributed by atoms with Crippen LogP contribution < -0.4 is 5.32 Å². The van der Waals surface area contributed by atoms with Crippen LogP contribution in [0.15, 0.2) is 12.7 Å². The van der Waals surface area contributed by atoms with Gasteiger partial charge in [0.2, 0.25) is 11.8 Å². The van der Waals surface area contributed by atoms with Crippen LogP contribution in [0.4, 0.5) is 4.79 Å². The summed E-state index contributed by atoms with van der Waals surface area (Å²) >= 11 is 0. The SMILES string of the molecule is C=CC(C)N1C(=O)NC(=O)C2(CCC2)C1=O. The van der Waals surface area contributed by atoms with Gasteiger partial charge in [0.05, 0.1) is 6.04 Å². The summed E-state index contributed by atoms with van der Waals surface area (Å²) in [6.45, 7) is 5.26. The molecule has 86 valence electrons. The molecular weight excluding hydrogens is 208 g/mol. The molecule has 0 aromatic rings. The van der Waals surface area contributed by atoms with Gasteiger partial charge in [0, 0.05) is 0 Å². The Morgan fingerprint density at radius 3 is 2.50 bits per heavy atom. The van der Waals surface area contributed by atoms with Gasteiger partial charge < -0.3 is 0 Å². The molecule has 16 heavy (non-hydrogen) atoms. The Balaban J connectivity index is 2.33. The zero-order valence-electron chi connectivity index (χ0n) is 9.16. The number of nitrogens with zero attached hydrogens (tertiary/aromatic N) is 1. The van der Waals surface area contributed by atoms with E-state index in [0.717, 1.165) is 11.3 Å². The third-order valence-electron chi connectivity index (χ3n) is 3.46. The van der Waals surface area contributed by atoms with E-state index in [1.807, 2.05) is 0 Å². The van der Waals surface area contributed by atoms with E-state index in [2.05, 4.69) is 11.9 Å². The summed E-state index contributed by atoms with van der Waals surface area (Å²) in [6, 6.07) is -1.03. The zero-order chi connectivity index (χ0) is 11.9. The van der Waals surface area contributed by atoms with Crippen LogP contribution in [0.25, 0.3) is 0 Å². The van der Waals surface area contributed by atoms with Gasteiger partial charge in [0.1, 0.15) is 5.41 Å². The maximum atomic E-state index is 12.1. The Morgan fingerprint density at radius 1 is 1.44 bits per heavy atom. The van der Waals surface area contributed by atoms with Gasteiger partial charge in [-0.05, 0) is 19.8 Å². The van der Waals surface area contributed by atoms with Gasteiger partial charge in [0.15, 0.2) is 0 Å². The molecule has 5 heteroatoms. The molecule has 5 nitrogen and oxygen atoms in total. The second kappa shape index (κ2) is 3.43. The van der Waals surface area contributed by atoms with Crippen molar-refractivity contribution in [1.82, 2.24) is 10.2 Å². The molecule has 2 fully saturated rings. The first-order valence-corrected chi connectivity index (χ1v) is 5.34. The number of hydrogen-bond acceptors (Lipinski definition) is 3. The van der Waals surface area contributed by atoms with Crippen LogP contribution in [-0.4, -0.2) is 28.8 Å². The van der Waals surface area contributed by atoms with Gasteiger partial charge in [-0.1, -0.05) is 12.5 Å². The number of barbiturate groups is 1. The molecule has 1 unspecified atom stereocenters. The highest BCUT2D eigenvalue weighted by Gasteiger charge is 2.57. The molecule has 1 aliphatic carbocycles. The molecular formula is C11H14N2O3. The molecule has 2 rings (SSSR count). The minimum atomic E-state index is -0.981. The van der Waals surface area contributed by atoms with Gasteiger partial charge in [-0.3, -0.25) is 19.8 Å². The fourth-order valence-corrected chi connectivity index (χ4v) is 2.14. The van der Waals surface area contributed by atoms with Crippen LogP contribution in [0.5, 0.6) is 0 Å². The predicted molar refractivity (Wildman–Crippen MR) is 56.3 cm³/mol. The van der Waals surface area contributed by atoms with Crippen molar-refractivity contribution in [3.8, 4) is 0 Å². The first-order chi connectivity index (χ1) is 7.53. The van der Waals surface area contributed by atoms with Crippen LogP contribution in [0.2, 0.25) is 0 Å². The molecule has 1 aliphatic heterocycles. The van der Waals surface area contributed by atoms with Crippen molar-refractivity contribution in [3.63, 3.8) is 0 Å². The van der Waals surface area contributed by atoms with E-state index < -0.39 is 23.4 Å². The molecule has 2 aliphatic rings. The van der Waals surface area contributed by atoms with Gasteiger partial charge in [-0.25, -0.2) is 4.79 Å². The minimum absolute atomic E-state index is 0.375.